The number of hydrogen-bond donors (Lipinski definition) is 1. The molecule has 0 unspecified atom stereocenters. The van der Waals surface area contributed by atoms with Crippen molar-refractivity contribution in [2.75, 3.05) is 20.3 Å². The number of nitrogens with two attached hydrogens (primary N) is 1. The average Bonchev–Trinajstić information content (AvgIpc) is 2.77. The van der Waals surface area contributed by atoms with Crippen LogP contribution in [0.4, 0.5) is 0 Å². The lowest BCUT2D eigenvalue weighted by atomic mass is 9.95. The number of rotatable bonds is 3. The fourth-order valence-electron chi connectivity index (χ4n) is 2.09. The lowest BCUT2D eigenvalue weighted by Crippen LogP contribution is -2.18. The fourth-order valence-corrected chi connectivity index (χ4v) is 2.09. The van der Waals surface area contributed by atoms with Crippen LogP contribution < -0.4 is 10.5 Å². The van der Waals surface area contributed by atoms with Gasteiger partial charge in [-0.05, 0) is 18.1 Å². The summed E-state index contributed by atoms with van der Waals surface area (Å²) in [6.45, 7) is 1.36. The Morgan fingerprint density at radius 2 is 2.27 bits per heavy atom. The van der Waals surface area contributed by atoms with Crippen molar-refractivity contribution in [1.29, 1.82) is 0 Å². The van der Waals surface area contributed by atoms with Crippen LogP contribution in [0.2, 0.25) is 0 Å². The number of methoxy groups -OCH3 is 1. The third-order valence-electron chi connectivity index (χ3n) is 2.92. The number of benzene rings is 1. The van der Waals surface area contributed by atoms with E-state index in [-0.39, 0.29) is 6.10 Å². The van der Waals surface area contributed by atoms with Crippen molar-refractivity contribution in [3.63, 3.8) is 0 Å². The normalized spacial score (nSPS) is 25.5. The van der Waals surface area contributed by atoms with E-state index < -0.39 is 0 Å². The third-order valence-corrected chi connectivity index (χ3v) is 2.92. The highest BCUT2D eigenvalue weighted by Crippen LogP contribution is 2.34. The number of ether oxygens (including phenoxy) is 2. The van der Waals surface area contributed by atoms with Gasteiger partial charge in [0.25, 0.3) is 0 Å². The molecule has 1 aliphatic heterocycles. The Kier molecular flexibility index (Phi) is 3.23. The summed E-state index contributed by atoms with van der Waals surface area (Å²) in [5.41, 5.74) is 6.82. The zero-order valence-corrected chi connectivity index (χ0v) is 8.98. The van der Waals surface area contributed by atoms with Crippen LogP contribution in [0.3, 0.4) is 0 Å². The van der Waals surface area contributed by atoms with Crippen molar-refractivity contribution in [3.05, 3.63) is 29.8 Å². The van der Waals surface area contributed by atoms with Crippen molar-refractivity contribution in [2.45, 2.75) is 18.4 Å². The summed E-state index contributed by atoms with van der Waals surface area (Å²) < 4.78 is 10.9. The molecule has 0 bridgehead atoms. The molecule has 0 aromatic heterocycles. The summed E-state index contributed by atoms with van der Waals surface area (Å²) in [6.07, 6.45) is 1.21. The van der Waals surface area contributed by atoms with E-state index >= 15 is 0 Å². The summed E-state index contributed by atoms with van der Waals surface area (Å²) in [5, 5.41) is 0. The molecular formula is C12H17NO2. The highest BCUT2D eigenvalue weighted by molar-refractivity contribution is 5.36. The van der Waals surface area contributed by atoms with Gasteiger partial charge in [-0.1, -0.05) is 18.2 Å². The van der Waals surface area contributed by atoms with Crippen LogP contribution in [-0.2, 0) is 4.74 Å². The van der Waals surface area contributed by atoms with Crippen LogP contribution in [-0.4, -0.2) is 26.4 Å². The third kappa shape index (κ3) is 2.13. The first kappa shape index (κ1) is 10.5. The van der Waals surface area contributed by atoms with Gasteiger partial charge in [0.15, 0.2) is 0 Å². The molecule has 0 amide bonds. The maximum absolute atomic E-state index is 5.59. The Balaban J connectivity index is 2.16. The minimum atomic E-state index is 0.208. The standard InChI is InChI=1S/C12H17NO2/c1-14-12-5-3-2-4-11(12)9-6-10(7-13)15-8-9/h2-5,9-10H,6-8,13H2,1H3/t9-,10-/m0/s1. The monoisotopic (exact) mass is 207 g/mol. The maximum atomic E-state index is 5.59. The Labute approximate surface area is 90.2 Å². The molecule has 2 atom stereocenters. The van der Waals surface area contributed by atoms with Gasteiger partial charge in [-0.25, -0.2) is 0 Å². The van der Waals surface area contributed by atoms with Gasteiger partial charge in [0.1, 0.15) is 5.75 Å². The van der Waals surface area contributed by atoms with E-state index in [1.165, 1.54) is 5.56 Å². The van der Waals surface area contributed by atoms with Gasteiger partial charge in [-0.2, -0.15) is 0 Å². The molecule has 82 valence electrons. The first-order valence-electron chi connectivity index (χ1n) is 5.29. The molecule has 1 saturated heterocycles. The second-order valence-corrected chi connectivity index (χ2v) is 3.87. The molecule has 1 fully saturated rings. The Bertz CT molecular complexity index is 327. The molecule has 1 aromatic carbocycles. The van der Waals surface area contributed by atoms with Gasteiger partial charge >= 0.3 is 0 Å². The molecular weight excluding hydrogens is 190 g/mol. The van der Waals surface area contributed by atoms with E-state index in [9.17, 15) is 0 Å². The van der Waals surface area contributed by atoms with E-state index in [0.717, 1.165) is 18.8 Å². The molecule has 1 heterocycles. The first-order valence-corrected chi connectivity index (χ1v) is 5.29. The van der Waals surface area contributed by atoms with Crippen LogP contribution in [0, 0.1) is 0 Å². The van der Waals surface area contributed by atoms with E-state index in [0.29, 0.717) is 12.5 Å². The SMILES string of the molecule is COc1ccccc1[C@@H]1CO[C@H](CN)C1. The first-order chi connectivity index (χ1) is 7.35. The van der Waals surface area contributed by atoms with E-state index in [2.05, 4.69) is 6.07 Å². The predicted octanol–water partition coefficient (Wildman–Crippen LogP) is 1.53. The lowest BCUT2D eigenvalue weighted by Gasteiger charge is -2.12. The molecule has 0 saturated carbocycles. The van der Waals surface area contributed by atoms with Gasteiger partial charge in [0.05, 0.1) is 19.8 Å². The van der Waals surface area contributed by atoms with Crippen molar-refractivity contribution in [1.82, 2.24) is 0 Å². The van der Waals surface area contributed by atoms with Crippen molar-refractivity contribution < 1.29 is 9.47 Å². The van der Waals surface area contributed by atoms with Crippen molar-refractivity contribution in [2.24, 2.45) is 5.73 Å². The van der Waals surface area contributed by atoms with E-state index in [4.69, 9.17) is 15.2 Å². The topological polar surface area (TPSA) is 44.5 Å². The second-order valence-electron chi connectivity index (χ2n) is 3.87. The highest BCUT2D eigenvalue weighted by Gasteiger charge is 2.27. The largest absolute Gasteiger partial charge is 0.496 e. The van der Waals surface area contributed by atoms with Gasteiger partial charge in [-0.15, -0.1) is 0 Å². The summed E-state index contributed by atoms with van der Waals surface area (Å²) in [7, 11) is 1.70. The summed E-state index contributed by atoms with van der Waals surface area (Å²) in [4.78, 5) is 0. The molecule has 0 spiro atoms. The quantitative estimate of drug-likeness (QED) is 0.817. The summed E-state index contributed by atoms with van der Waals surface area (Å²) >= 11 is 0. The summed E-state index contributed by atoms with van der Waals surface area (Å²) in [5.74, 6) is 1.37. The van der Waals surface area contributed by atoms with Crippen molar-refractivity contribution in [3.8, 4) is 5.75 Å². The van der Waals surface area contributed by atoms with Gasteiger partial charge in [-0.3, -0.25) is 0 Å². The Morgan fingerprint density at radius 3 is 2.93 bits per heavy atom. The molecule has 0 aliphatic carbocycles. The average molecular weight is 207 g/mol. The molecule has 2 rings (SSSR count). The molecule has 1 aliphatic rings. The van der Waals surface area contributed by atoms with Crippen LogP contribution in [0.5, 0.6) is 5.75 Å². The Morgan fingerprint density at radius 1 is 1.47 bits per heavy atom. The molecule has 1 aromatic rings. The number of hydrogen-bond acceptors (Lipinski definition) is 3. The molecule has 15 heavy (non-hydrogen) atoms. The maximum Gasteiger partial charge on any atom is 0.122 e. The van der Waals surface area contributed by atoms with Gasteiger partial charge < -0.3 is 15.2 Å². The Hall–Kier alpha value is -1.06. The van der Waals surface area contributed by atoms with E-state index in [1.807, 2.05) is 18.2 Å². The smallest absolute Gasteiger partial charge is 0.122 e. The van der Waals surface area contributed by atoms with Crippen molar-refractivity contribution >= 4 is 0 Å². The van der Waals surface area contributed by atoms with Gasteiger partial charge in [0.2, 0.25) is 0 Å². The summed E-state index contributed by atoms with van der Waals surface area (Å²) in [6, 6.07) is 8.11. The molecule has 3 heteroatoms. The molecule has 2 N–H and O–H groups in total. The molecule has 3 nitrogen and oxygen atoms in total. The predicted molar refractivity (Wildman–Crippen MR) is 59.1 cm³/mol. The van der Waals surface area contributed by atoms with Gasteiger partial charge in [0, 0.05) is 12.5 Å². The zero-order chi connectivity index (χ0) is 10.7. The van der Waals surface area contributed by atoms with Crippen LogP contribution >= 0.6 is 0 Å². The van der Waals surface area contributed by atoms with Crippen LogP contribution in [0.1, 0.15) is 17.9 Å². The van der Waals surface area contributed by atoms with E-state index in [1.54, 1.807) is 7.11 Å². The minimum absolute atomic E-state index is 0.208. The highest BCUT2D eigenvalue weighted by atomic mass is 16.5. The molecule has 0 radical (unpaired) electrons. The number of para-hydroxylation sites is 1. The fraction of sp³-hybridized carbons (Fsp3) is 0.500. The second kappa shape index (κ2) is 4.64. The zero-order valence-electron chi connectivity index (χ0n) is 8.98. The lowest BCUT2D eigenvalue weighted by molar-refractivity contribution is 0.115. The van der Waals surface area contributed by atoms with Crippen LogP contribution in [0.15, 0.2) is 24.3 Å². The van der Waals surface area contributed by atoms with Crippen LogP contribution in [0.25, 0.3) is 0 Å². The minimum Gasteiger partial charge on any atom is -0.496 e.